The second kappa shape index (κ2) is 21.4. The standard InChI is InChI=1S/C23H44N3O11P/c1-6-8-12-31-22(28)33-14-10-16-35-38(30,25-21(24)26(5)18-20(27)37-19(3)4)36-17-11-15-34-23(29)32-13-9-7-2/h19H,6-18H2,1-5H3,(H2,24,25,30). The Kier molecular flexibility index (Phi) is 19.9. The van der Waals surface area contributed by atoms with Crippen molar-refractivity contribution < 1.29 is 51.7 Å². The van der Waals surface area contributed by atoms with Crippen LogP contribution in [0.1, 0.15) is 66.2 Å². The van der Waals surface area contributed by atoms with Gasteiger partial charge in [0.2, 0.25) is 5.96 Å². The molecule has 14 nitrogen and oxygen atoms in total. The number of likely N-dealkylation sites (N-methyl/N-ethyl adjacent to an activating group) is 1. The molecule has 0 spiro atoms. The van der Waals surface area contributed by atoms with Gasteiger partial charge in [0.25, 0.3) is 0 Å². The van der Waals surface area contributed by atoms with Crippen LogP contribution in [0.5, 0.6) is 0 Å². The molecule has 0 heterocycles. The van der Waals surface area contributed by atoms with Gasteiger partial charge in [-0.1, -0.05) is 26.7 Å². The van der Waals surface area contributed by atoms with Gasteiger partial charge >= 0.3 is 26.0 Å². The van der Waals surface area contributed by atoms with E-state index in [2.05, 4.69) is 4.76 Å². The lowest BCUT2D eigenvalue weighted by molar-refractivity contribution is -0.147. The second-order valence-electron chi connectivity index (χ2n) is 8.30. The zero-order chi connectivity index (χ0) is 28.8. The fourth-order valence-corrected chi connectivity index (χ4v) is 3.66. The molecule has 2 N–H and O–H groups in total. The maximum atomic E-state index is 13.2. The van der Waals surface area contributed by atoms with Gasteiger partial charge < -0.3 is 34.3 Å². The van der Waals surface area contributed by atoms with Crippen molar-refractivity contribution in [3.63, 3.8) is 0 Å². The lowest BCUT2D eigenvalue weighted by Gasteiger charge is -2.20. The number of unbranched alkanes of at least 4 members (excludes halogenated alkanes) is 2. The molecule has 15 heteroatoms. The van der Waals surface area contributed by atoms with E-state index >= 15 is 0 Å². The van der Waals surface area contributed by atoms with Gasteiger partial charge in [-0.3, -0.25) is 13.8 Å². The van der Waals surface area contributed by atoms with Crippen LogP contribution in [0.2, 0.25) is 0 Å². The molecule has 0 aliphatic heterocycles. The molecule has 0 atom stereocenters. The maximum absolute atomic E-state index is 13.2. The first kappa shape index (κ1) is 35.4. The van der Waals surface area contributed by atoms with Crippen LogP contribution in [0.4, 0.5) is 9.59 Å². The maximum Gasteiger partial charge on any atom is 0.508 e. The van der Waals surface area contributed by atoms with Gasteiger partial charge in [-0.15, -0.1) is 4.76 Å². The van der Waals surface area contributed by atoms with Crippen molar-refractivity contribution in [1.82, 2.24) is 4.90 Å². The van der Waals surface area contributed by atoms with Crippen LogP contribution in [-0.4, -0.2) is 88.5 Å². The zero-order valence-corrected chi connectivity index (χ0v) is 24.1. The predicted octanol–water partition coefficient (Wildman–Crippen LogP) is 4.01. The van der Waals surface area contributed by atoms with E-state index in [0.717, 1.165) is 25.7 Å². The van der Waals surface area contributed by atoms with Crippen molar-refractivity contribution in [1.29, 1.82) is 0 Å². The lowest BCUT2D eigenvalue weighted by Crippen LogP contribution is -2.38. The molecule has 0 radical (unpaired) electrons. The van der Waals surface area contributed by atoms with E-state index in [1.54, 1.807) is 13.8 Å². The van der Waals surface area contributed by atoms with Crippen LogP contribution in [0.15, 0.2) is 4.76 Å². The first-order valence-electron chi connectivity index (χ1n) is 12.8. The normalized spacial score (nSPS) is 11.7. The van der Waals surface area contributed by atoms with E-state index in [0.29, 0.717) is 0 Å². The van der Waals surface area contributed by atoms with Gasteiger partial charge in [0, 0.05) is 19.9 Å². The summed E-state index contributed by atoms with van der Waals surface area (Å²) < 4.78 is 52.4. The van der Waals surface area contributed by atoms with Crippen molar-refractivity contribution >= 4 is 32.0 Å². The summed E-state index contributed by atoms with van der Waals surface area (Å²) >= 11 is 0. The Morgan fingerprint density at radius 2 is 1.21 bits per heavy atom. The highest BCUT2D eigenvalue weighted by Crippen LogP contribution is 2.50. The first-order valence-corrected chi connectivity index (χ1v) is 14.3. The largest absolute Gasteiger partial charge is 0.508 e. The highest BCUT2D eigenvalue weighted by atomic mass is 31.2. The molecule has 0 unspecified atom stereocenters. The third-order valence-electron chi connectivity index (χ3n) is 4.31. The van der Waals surface area contributed by atoms with Crippen LogP contribution in [0.25, 0.3) is 0 Å². The van der Waals surface area contributed by atoms with E-state index in [1.807, 2.05) is 13.8 Å². The highest BCUT2D eigenvalue weighted by molar-refractivity contribution is 7.52. The summed E-state index contributed by atoms with van der Waals surface area (Å²) in [5.41, 5.74) is 5.90. The molecule has 0 aromatic heterocycles. The first-order chi connectivity index (χ1) is 18.0. The Morgan fingerprint density at radius 3 is 1.61 bits per heavy atom. The fourth-order valence-electron chi connectivity index (χ4n) is 2.34. The number of nitrogens with zero attached hydrogens (tertiary/aromatic N) is 2. The van der Waals surface area contributed by atoms with E-state index in [4.69, 9.17) is 38.5 Å². The number of hydrogen-bond acceptors (Lipinski definition) is 11. The Balaban J connectivity index is 4.87. The quantitative estimate of drug-likeness (QED) is 0.0556. The third-order valence-corrected chi connectivity index (χ3v) is 5.78. The van der Waals surface area contributed by atoms with Crippen LogP contribution < -0.4 is 5.73 Å². The molecule has 0 amide bonds. The molecule has 0 rings (SSSR count). The molecular weight excluding hydrogens is 525 g/mol. The number of ether oxygens (including phenoxy) is 5. The minimum Gasteiger partial charge on any atom is -0.462 e. The fraction of sp³-hybridized carbons (Fsp3) is 0.826. The molecular formula is C23H44N3O11P. The van der Waals surface area contributed by atoms with Crippen LogP contribution >= 0.6 is 7.75 Å². The van der Waals surface area contributed by atoms with Gasteiger partial charge in [0.1, 0.15) is 6.54 Å². The number of guanidine groups is 1. The van der Waals surface area contributed by atoms with Crippen LogP contribution in [0.3, 0.4) is 0 Å². The Bertz CT molecular complexity index is 729. The Morgan fingerprint density at radius 1 is 0.789 bits per heavy atom. The average molecular weight is 570 g/mol. The monoisotopic (exact) mass is 569 g/mol. The number of nitrogens with two attached hydrogens (primary N) is 1. The summed E-state index contributed by atoms with van der Waals surface area (Å²) in [5.74, 6) is -0.830. The number of carbonyl (C=O) groups excluding carboxylic acids is 3. The van der Waals surface area contributed by atoms with Gasteiger partial charge in [-0.05, 0) is 26.7 Å². The summed E-state index contributed by atoms with van der Waals surface area (Å²) in [4.78, 5) is 36.1. The predicted molar refractivity (Wildman–Crippen MR) is 139 cm³/mol. The van der Waals surface area contributed by atoms with E-state index < -0.39 is 26.0 Å². The minimum absolute atomic E-state index is 0.0426. The number of esters is 1. The molecule has 0 aromatic rings. The number of carbonyl (C=O) groups is 3. The summed E-state index contributed by atoms with van der Waals surface area (Å²) in [6.07, 6.45) is 1.65. The average Bonchev–Trinajstić information content (AvgIpc) is 2.83. The van der Waals surface area contributed by atoms with Gasteiger partial charge in [-0.25, -0.2) is 14.2 Å². The third kappa shape index (κ3) is 19.5. The lowest BCUT2D eigenvalue weighted by atomic mass is 10.4. The van der Waals surface area contributed by atoms with E-state index in [-0.39, 0.29) is 71.1 Å². The van der Waals surface area contributed by atoms with Crippen LogP contribution in [0, 0.1) is 0 Å². The summed E-state index contributed by atoms with van der Waals surface area (Å²) in [6, 6.07) is 0. The van der Waals surface area contributed by atoms with Crippen molar-refractivity contribution in [2.75, 3.05) is 53.2 Å². The molecule has 0 saturated carbocycles. The van der Waals surface area contributed by atoms with Crippen molar-refractivity contribution in [2.24, 2.45) is 10.5 Å². The molecule has 0 saturated heterocycles. The smallest absolute Gasteiger partial charge is 0.462 e. The molecule has 38 heavy (non-hydrogen) atoms. The van der Waals surface area contributed by atoms with Crippen molar-refractivity contribution in [3.8, 4) is 0 Å². The number of rotatable bonds is 20. The molecule has 222 valence electrons. The van der Waals surface area contributed by atoms with Crippen molar-refractivity contribution in [3.05, 3.63) is 0 Å². The summed E-state index contributed by atoms with van der Waals surface area (Å²) in [7, 11) is -2.69. The summed E-state index contributed by atoms with van der Waals surface area (Å²) in [6.45, 7) is 7.25. The Labute approximate surface area is 225 Å². The van der Waals surface area contributed by atoms with Gasteiger partial charge in [0.15, 0.2) is 0 Å². The van der Waals surface area contributed by atoms with Gasteiger partial charge in [-0.2, -0.15) is 0 Å². The molecule has 0 aliphatic rings. The topological polar surface area (TPSA) is 175 Å². The second-order valence-corrected chi connectivity index (χ2v) is 9.95. The Hall–Kier alpha value is -2.57. The molecule has 0 aliphatic carbocycles. The molecule has 0 bridgehead atoms. The van der Waals surface area contributed by atoms with Crippen molar-refractivity contribution in [2.45, 2.75) is 72.3 Å². The molecule has 0 fully saturated rings. The minimum atomic E-state index is -4.15. The van der Waals surface area contributed by atoms with Crippen LogP contribution in [-0.2, 0) is 42.1 Å². The summed E-state index contributed by atoms with van der Waals surface area (Å²) in [5, 5.41) is 0. The van der Waals surface area contributed by atoms with E-state index in [9.17, 15) is 18.9 Å². The number of hydrogen-bond donors (Lipinski definition) is 1. The van der Waals surface area contributed by atoms with E-state index in [1.165, 1.54) is 11.9 Å². The van der Waals surface area contributed by atoms with Gasteiger partial charge in [0.05, 0.1) is 45.7 Å². The zero-order valence-electron chi connectivity index (χ0n) is 23.2. The highest BCUT2D eigenvalue weighted by Gasteiger charge is 2.26. The SMILES string of the molecule is CCCCOC(=O)OCCCOP(=O)(/N=C(\N)N(C)CC(=O)OC(C)C)OCCCOC(=O)OCCCC. The molecule has 0 aromatic carbocycles.